The number of aliphatic carboxylic acids is 3. The van der Waals surface area contributed by atoms with E-state index in [4.69, 9.17) is 0 Å². The van der Waals surface area contributed by atoms with E-state index >= 15 is 0 Å². The maximum absolute atomic E-state index is 11.8. The standard InChI is InChI=1S/C32H59NO6/c1-5-6-7-8-9-10-11-12-13-14-15-16-17-18-19-20-21-22-23-24-25-26-33(27(2)30(34)35,28(3)31(36)37)29(4)32(38)39/h16-17,27-29H,5-15,18-26H2,1-4H3,(H2-,34,35,36,37,38,39)/p+1/b17-16-. The number of carboxylic acid groups (broad SMARTS) is 3. The van der Waals surface area contributed by atoms with Crippen LogP contribution in [-0.2, 0) is 14.4 Å². The Morgan fingerprint density at radius 1 is 0.513 bits per heavy atom. The molecule has 0 aliphatic heterocycles. The highest BCUT2D eigenvalue weighted by Crippen LogP contribution is 2.27. The zero-order valence-electron chi connectivity index (χ0n) is 25.5. The van der Waals surface area contributed by atoms with Crippen molar-refractivity contribution < 1.29 is 34.2 Å². The molecule has 3 atom stereocenters. The number of allylic oxidation sites excluding steroid dienone is 2. The highest BCUT2D eigenvalue weighted by molar-refractivity contribution is 5.77. The van der Waals surface area contributed by atoms with Crippen molar-refractivity contribution >= 4 is 17.9 Å². The minimum absolute atomic E-state index is 0.220. The first-order valence-corrected chi connectivity index (χ1v) is 15.8. The molecule has 0 saturated heterocycles. The van der Waals surface area contributed by atoms with E-state index in [1.165, 1.54) is 104 Å². The summed E-state index contributed by atoms with van der Waals surface area (Å²) in [6.07, 6.45) is 27.8. The maximum Gasteiger partial charge on any atom is 0.362 e. The summed E-state index contributed by atoms with van der Waals surface area (Å²) in [5.74, 6) is -3.52. The summed E-state index contributed by atoms with van der Waals surface area (Å²) >= 11 is 0. The van der Waals surface area contributed by atoms with Gasteiger partial charge in [0, 0.05) is 0 Å². The highest BCUT2D eigenvalue weighted by atomic mass is 16.4. The molecule has 39 heavy (non-hydrogen) atoms. The van der Waals surface area contributed by atoms with Gasteiger partial charge in [0.1, 0.15) is 0 Å². The molecule has 0 aliphatic carbocycles. The summed E-state index contributed by atoms with van der Waals surface area (Å²) in [4.78, 5) is 35.4. The van der Waals surface area contributed by atoms with E-state index in [1.54, 1.807) is 0 Å². The predicted octanol–water partition coefficient (Wildman–Crippen LogP) is 8.21. The molecule has 0 aromatic rings. The number of quaternary nitrogens is 1. The van der Waals surface area contributed by atoms with E-state index in [0.29, 0.717) is 6.42 Å². The number of nitrogens with zero attached hydrogens (tertiary/aromatic N) is 1. The molecule has 0 aromatic heterocycles. The minimum Gasteiger partial charge on any atom is -0.477 e. The Kier molecular flexibility index (Phi) is 21.8. The molecule has 7 nitrogen and oxygen atoms in total. The van der Waals surface area contributed by atoms with Crippen molar-refractivity contribution in [1.29, 1.82) is 0 Å². The van der Waals surface area contributed by atoms with Crippen LogP contribution >= 0.6 is 0 Å². The Balaban J connectivity index is 4.06. The van der Waals surface area contributed by atoms with Crippen molar-refractivity contribution in [2.75, 3.05) is 6.54 Å². The van der Waals surface area contributed by atoms with E-state index in [1.807, 2.05) is 0 Å². The minimum atomic E-state index is -1.17. The van der Waals surface area contributed by atoms with E-state index in [0.717, 1.165) is 32.1 Å². The average Bonchev–Trinajstić information content (AvgIpc) is 2.90. The van der Waals surface area contributed by atoms with Crippen LogP contribution in [0.3, 0.4) is 0 Å². The van der Waals surface area contributed by atoms with Crippen LogP contribution in [0.25, 0.3) is 0 Å². The van der Waals surface area contributed by atoms with Gasteiger partial charge in [0.25, 0.3) is 0 Å². The van der Waals surface area contributed by atoms with Crippen molar-refractivity contribution in [2.45, 2.75) is 168 Å². The molecule has 0 aliphatic rings. The lowest BCUT2D eigenvalue weighted by Crippen LogP contribution is -2.70. The molecule has 3 unspecified atom stereocenters. The second-order valence-corrected chi connectivity index (χ2v) is 11.5. The lowest BCUT2D eigenvalue weighted by molar-refractivity contribution is -0.968. The predicted molar refractivity (Wildman–Crippen MR) is 159 cm³/mol. The van der Waals surface area contributed by atoms with E-state index in [9.17, 15) is 29.7 Å². The number of carbonyl (C=O) groups is 3. The Bertz CT molecular complexity index is 642. The number of carboxylic acids is 3. The second-order valence-electron chi connectivity index (χ2n) is 11.5. The van der Waals surface area contributed by atoms with Gasteiger partial charge in [-0.2, -0.15) is 0 Å². The van der Waals surface area contributed by atoms with Gasteiger partial charge in [0.2, 0.25) is 0 Å². The third-order valence-electron chi connectivity index (χ3n) is 8.54. The van der Waals surface area contributed by atoms with Gasteiger partial charge in [-0.05, 0) is 59.3 Å². The molecule has 0 fully saturated rings. The molecule has 0 rings (SSSR count). The lowest BCUT2D eigenvalue weighted by Gasteiger charge is -2.47. The molecule has 0 saturated carbocycles. The molecule has 0 amide bonds. The van der Waals surface area contributed by atoms with Gasteiger partial charge in [-0.1, -0.05) is 103 Å². The first kappa shape index (κ1) is 37.1. The van der Waals surface area contributed by atoms with Crippen molar-refractivity contribution in [3.05, 3.63) is 12.2 Å². The van der Waals surface area contributed by atoms with Crippen LogP contribution in [0.4, 0.5) is 0 Å². The van der Waals surface area contributed by atoms with E-state index in [2.05, 4.69) is 19.1 Å². The SMILES string of the molecule is CCCCCCCCCCCC/C=C\CCCCCCCCC[N+](C(C)C(=O)O)(C(C)C(=O)O)C(C)C(=O)O. The summed E-state index contributed by atoms with van der Waals surface area (Å²) in [6, 6.07) is -3.37. The van der Waals surface area contributed by atoms with E-state index < -0.39 is 40.5 Å². The summed E-state index contributed by atoms with van der Waals surface area (Å²) in [6.45, 7) is 6.76. The van der Waals surface area contributed by atoms with Gasteiger partial charge in [-0.15, -0.1) is 0 Å². The Hall–Kier alpha value is -1.89. The van der Waals surface area contributed by atoms with Crippen molar-refractivity contribution in [1.82, 2.24) is 0 Å². The highest BCUT2D eigenvalue weighted by Gasteiger charge is 2.52. The molecule has 0 heterocycles. The molecular weight excluding hydrogens is 494 g/mol. The molecule has 3 N–H and O–H groups in total. The Morgan fingerprint density at radius 2 is 0.795 bits per heavy atom. The quantitative estimate of drug-likeness (QED) is 0.0536. The fraction of sp³-hybridized carbons (Fsp3) is 0.844. The number of rotatable bonds is 27. The molecule has 0 aromatic carbocycles. The third kappa shape index (κ3) is 15.5. The number of hydrogen-bond donors (Lipinski definition) is 3. The zero-order valence-corrected chi connectivity index (χ0v) is 25.5. The van der Waals surface area contributed by atoms with Crippen LogP contribution in [0.15, 0.2) is 12.2 Å². The van der Waals surface area contributed by atoms with Gasteiger partial charge in [0.15, 0.2) is 18.1 Å². The zero-order chi connectivity index (χ0) is 29.5. The van der Waals surface area contributed by atoms with Crippen LogP contribution in [0, 0.1) is 0 Å². The summed E-state index contributed by atoms with van der Waals surface area (Å²) in [5.41, 5.74) is 0. The van der Waals surface area contributed by atoms with E-state index in [-0.39, 0.29) is 6.54 Å². The lowest BCUT2D eigenvalue weighted by atomic mass is 10.00. The molecule has 0 radical (unpaired) electrons. The van der Waals surface area contributed by atoms with Gasteiger partial charge in [0.05, 0.1) is 6.54 Å². The summed E-state index contributed by atoms with van der Waals surface area (Å²) in [5, 5.41) is 28.9. The van der Waals surface area contributed by atoms with Gasteiger partial charge < -0.3 is 15.3 Å². The van der Waals surface area contributed by atoms with Crippen molar-refractivity contribution in [3.8, 4) is 0 Å². The normalized spacial score (nSPS) is 15.6. The fourth-order valence-corrected chi connectivity index (χ4v) is 5.72. The third-order valence-corrected chi connectivity index (χ3v) is 8.54. The molecule has 228 valence electrons. The Labute approximate surface area is 238 Å². The first-order valence-electron chi connectivity index (χ1n) is 15.8. The van der Waals surface area contributed by atoms with Crippen LogP contribution in [-0.4, -0.2) is 62.4 Å². The van der Waals surface area contributed by atoms with Crippen LogP contribution in [0.2, 0.25) is 0 Å². The maximum atomic E-state index is 11.8. The Morgan fingerprint density at radius 3 is 1.10 bits per heavy atom. The topological polar surface area (TPSA) is 112 Å². The smallest absolute Gasteiger partial charge is 0.362 e. The molecule has 0 spiro atoms. The first-order chi connectivity index (χ1) is 18.6. The van der Waals surface area contributed by atoms with Crippen molar-refractivity contribution in [2.24, 2.45) is 0 Å². The fourth-order valence-electron chi connectivity index (χ4n) is 5.72. The average molecular weight is 555 g/mol. The van der Waals surface area contributed by atoms with Gasteiger partial charge in [-0.25, -0.2) is 14.4 Å². The second kappa shape index (κ2) is 22.9. The summed E-state index contributed by atoms with van der Waals surface area (Å²) in [7, 11) is 0. The largest absolute Gasteiger partial charge is 0.477 e. The summed E-state index contributed by atoms with van der Waals surface area (Å²) < 4.78 is -0.481. The number of hydrogen-bond acceptors (Lipinski definition) is 3. The molecule has 7 heteroatoms. The monoisotopic (exact) mass is 554 g/mol. The van der Waals surface area contributed by atoms with Crippen LogP contribution in [0.1, 0.15) is 150 Å². The number of unbranched alkanes of at least 4 members (excludes halogenated alkanes) is 17. The van der Waals surface area contributed by atoms with Gasteiger partial charge >= 0.3 is 17.9 Å². The molecule has 0 bridgehead atoms. The van der Waals surface area contributed by atoms with Crippen LogP contribution < -0.4 is 0 Å². The van der Waals surface area contributed by atoms with Crippen molar-refractivity contribution in [3.63, 3.8) is 0 Å². The van der Waals surface area contributed by atoms with Gasteiger partial charge in [-0.3, -0.25) is 4.48 Å². The molecular formula is C32H60NO6+. The van der Waals surface area contributed by atoms with Crippen LogP contribution in [0.5, 0.6) is 0 Å².